The lowest BCUT2D eigenvalue weighted by Gasteiger charge is -2.08. The largest absolute Gasteiger partial charge is 0.326 e. The lowest BCUT2D eigenvalue weighted by atomic mass is 10.1. The van der Waals surface area contributed by atoms with E-state index in [1.165, 1.54) is 24.2 Å². The van der Waals surface area contributed by atoms with Crippen LogP contribution in [-0.4, -0.2) is 29.2 Å². The molecule has 0 atom stereocenters. The number of hydrogen-bond acceptors (Lipinski definition) is 4. The first kappa shape index (κ1) is 20.5. The Bertz CT molecular complexity index is 835. The Kier molecular flexibility index (Phi) is 7.43. The average Bonchev–Trinajstić information content (AvgIpc) is 2.59. The number of hydrogen-bond donors (Lipinski definition) is 3. The van der Waals surface area contributed by atoms with E-state index in [4.69, 9.17) is 0 Å². The third-order valence-electron chi connectivity index (χ3n) is 3.75. The van der Waals surface area contributed by atoms with Gasteiger partial charge in [0.15, 0.2) is 0 Å². The minimum atomic E-state index is -0.189. The Balaban J connectivity index is 1.72. The molecule has 142 valence electrons. The van der Waals surface area contributed by atoms with E-state index >= 15 is 0 Å². The molecule has 0 aliphatic carbocycles. The quantitative estimate of drug-likeness (QED) is 0.680. The first-order valence-electron chi connectivity index (χ1n) is 8.46. The average molecular weight is 385 g/mol. The molecule has 0 aliphatic rings. The van der Waals surface area contributed by atoms with Gasteiger partial charge in [-0.1, -0.05) is 6.07 Å². The van der Waals surface area contributed by atoms with Crippen molar-refractivity contribution in [1.29, 1.82) is 0 Å². The van der Waals surface area contributed by atoms with Crippen LogP contribution in [0.4, 0.5) is 17.1 Å². The van der Waals surface area contributed by atoms with Crippen LogP contribution >= 0.6 is 11.8 Å². The van der Waals surface area contributed by atoms with Crippen LogP contribution in [0.1, 0.15) is 18.1 Å². The van der Waals surface area contributed by atoms with Crippen LogP contribution < -0.4 is 16.0 Å². The van der Waals surface area contributed by atoms with Crippen molar-refractivity contribution in [3.63, 3.8) is 0 Å². The van der Waals surface area contributed by atoms with Gasteiger partial charge in [0.1, 0.15) is 0 Å². The number of aryl methyl sites for hydroxylation is 2. The molecule has 0 aliphatic heterocycles. The van der Waals surface area contributed by atoms with Gasteiger partial charge in [0.2, 0.25) is 17.7 Å². The molecular formula is C20H23N3O3S. The van der Waals surface area contributed by atoms with Crippen molar-refractivity contribution in [2.45, 2.75) is 20.8 Å². The van der Waals surface area contributed by atoms with E-state index < -0.39 is 0 Å². The SMILES string of the molecule is CC(=O)Nc1ccc(NC(=O)CSCC(=O)Nc2ccc(C)c(C)c2)cc1. The number of carbonyl (C=O) groups is 3. The van der Waals surface area contributed by atoms with Crippen molar-refractivity contribution in [2.24, 2.45) is 0 Å². The van der Waals surface area contributed by atoms with Crippen molar-refractivity contribution in [3.8, 4) is 0 Å². The van der Waals surface area contributed by atoms with Gasteiger partial charge in [0.05, 0.1) is 11.5 Å². The molecule has 6 nitrogen and oxygen atoms in total. The maximum absolute atomic E-state index is 12.0. The van der Waals surface area contributed by atoms with Crippen molar-refractivity contribution < 1.29 is 14.4 Å². The van der Waals surface area contributed by atoms with Crippen LogP contribution in [0, 0.1) is 13.8 Å². The fourth-order valence-electron chi connectivity index (χ4n) is 2.29. The van der Waals surface area contributed by atoms with Gasteiger partial charge < -0.3 is 16.0 Å². The van der Waals surface area contributed by atoms with E-state index in [-0.39, 0.29) is 29.2 Å². The summed E-state index contributed by atoms with van der Waals surface area (Å²) in [5, 5.41) is 8.24. The van der Waals surface area contributed by atoms with Gasteiger partial charge in [-0.2, -0.15) is 0 Å². The van der Waals surface area contributed by atoms with Gasteiger partial charge in [-0.15, -0.1) is 11.8 Å². The molecule has 0 heterocycles. The van der Waals surface area contributed by atoms with Crippen LogP contribution in [0.5, 0.6) is 0 Å². The zero-order chi connectivity index (χ0) is 19.8. The van der Waals surface area contributed by atoms with E-state index in [0.717, 1.165) is 11.3 Å². The summed E-state index contributed by atoms with van der Waals surface area (Å²) in [5.41, 5.74) is 4.34. The highest BCUT2D eigenvalue weighted by Crippen LogP contribution is 2.16. The molecular weight excluding hydrogens is 362 g/mol. The van der Waals surface area contributed by atoms with E-state index in [9.17, 15) is 14.4 Å². The molecule has 2 rings (SSSR count). The van der Waals surface area contributed by atoms with Gasteiger partial charge >= 0.3 is 0 Å². The van der Waals surface area contributed by atoms with Crippen molar-refractivity contribution >= 4 is 46.5 Å². The molecule has 7 heteroatoms. The zero-order valence-electron chi connectivity index (χ0n) is 15.6. The van der Waals surface area contributed by atoms with Crippen LogP contribution in [0.3, 0.4) is 0 Å². The van der Waals surface area contributed by atoms with Gasteiger partial charge in [-0.05, 0) is 61.4 Å². The van der Waals surface area contributed by atoms with Crippen LogP contribution in [0.25, 0.3) is 0 Å². The first-order valence-corrected chi connectivity index (χ1v) is 9.61. The summed E-state index contributed by atoms with van der Waals surface area (Å²) in [6, 6.07) is 12.6. The van der Waals surface area contributed by atoms with Crippen LogP contribution in [0.15, 0.2) is 42.5 Å². The number of nitrogens with one attached hydrogen (secondary N) is 3. The third kappa shape index (κ3) is 7.15. The highest BCUT2D eigenvalue weighted by Gasteiger charge is 2.07. The Hall–Kier alpha value is -2.80. The van der Waals surface area contributed by atoms with Gasteiger partial charge in [0.25, 0.3) is 0 Å². The number of benzene rings is 2. The van der Waals surface area contributed by atoms with E-state index in [1.54, 1.807) is 24.3 Å². The normalized spacial score (nSPS) is 10.2. The molecule has 2 aromatic rings. The van der Waals surface area contributed by atoms with Gasteiger partial charge in [0, 0.05) is 24.0 Å². The van der Waals surface area contributed by atoms with Crippen molar-refractivity contribution in [1.82, 2.24) is 0 Å². The number of amides is 3. The second-order valence-electron chi connectivity index (χ2n) is 6.15. The maximum Gasteiger partial charge on any atom is 0.234 e. The van der Waals surface area contributed by atoms with Crippen molar-refractivity contribution in [2.75, 3.05) is 27.5 Å². The maximum atomic E-state index is 12.0. The molecule has 3 N–H and O–H groups in total. The number of rotatable bonds is 7. The molecule has 0 saturated heterocycles. The Morgan fingerprint density at radius 1 is 0.741 bits per heavy atom. The second kappa shape index (κ2) is 9.78. The smallest absolute Gasteiger partial charge is 0.234 e. The summed E-state index contributed by atoms with van der Waals surface area (Å²) in [4.78, 5) is 34.9. The number of anilines is 3. The molecule has 0 spiro atoms. The topological polar surface area (TPSA) is 87.3 Å². The summed E-state index contributed by atoms with van der Waals surface area (Å²) in [5.74, 6) is -0.112. The minimum Gasteiger partial charge on any atom is -0.326 e. The monoisotopic (exact) mass is 385 g/mol. The van der Waals surface area contributed by atoms with E-state index in [2.05, 4.69) is 16.0 Å². The Labute approximate surface area is 163 Å². The van der Waals surface area contributed by atoms with Gasteiger partial charge in [-0.25, -0.2) is 0 Å². The molecule has 2 aromatic carbocycles. The highest BCUT2D eigenvalue weighted by molar-refractivity contribution is 8.00. The van der Waals surface area contributed by atoms with Gasteiger partial charge in [-0.3, -0.25) is 14.4 Å². The minimum absolute atomic E-state index is 0.143. The first-order chi connectivity index (χ1) is 12.8. The Morgan fingerprint density at radius 3 is 1.74 bits per heavy atom. The number of thioether (sulfide) groups is 1. The number of carbonyl (C=O) groups excluding carboxylic acids is 3. The standard InChI is InChI=1S/C20H23N3O3S/c1-13-4-5-18(10-14(13)2)23-20(26)12-27-11-19(25)22-17-8-6-16(7-9-17)21-15(3)24/h4-10H,11-12H2,1-3H3,(H,21,24)(H,22,25)(H,23,26). The highest BCUT2D eigenvalue weighted by atomic mass is 32.2. The molecule has 3 amide bonds. The van der Waals surface area contributed by atoms with E-state index in [0.29, 0.717) is 11.4 Å². The molecule has 0 radical (unpaired) electrons. The molecule has 0 fully saturated rings. The van der Waals surface area contributed by atoms with Crippen molar-refractivity contribution in [3.05, 3.63) is 53.6 Å². The fourth-order valence-corrected chi connectivity index (χ4v) is 2.91. The lowest BCUT2D eigenvalue weighted by molar-refractivity contribution is -0.115. The summed E-state index contributed by atoms with van der Waals surface area (Å²) in [6.07, 6.45) is 0. The third-order valence-corrected chi connectivity index (χ3v) is 4.68. The molecule has 0 saturated carbocycles. The second-order valence-corrected chi connectivity index (χ2v) is 7.13. The van der Waals surface area contributed by atoms with Crippen LogP contribution in [0.2, 0.25) is 0 Å². The molecule has 0 aromatic heterocycles. The molecule has 27 heavy (non-hydrogen) atoms. The molecule has 0 bridgehead atoms. The zero-order valence-corrected chi connectivity index (χ0v) is 16.4. The van der Waals surface area contributed by atoms with E-state index in [1.807, 2.05) is 32.0 Å². The lowest BCUT2D eigenvalue weighted by Crippen LogP contribution is -2.18. The molecule has 0 unspecified atom stereocenters. The fraction of sp³-hybridized carbons (Fsp3) is 0.250. The Morgan fingerprint density at radius 2 is 1.22 bits per heavy atom. The summed E-state index contributed by atoms with van der Waals surface area (Å²) in [6.45, 7) is 5.44. The predicted molar refractivity (Wildman–Crippen MR) is 111 cm³/mol. The summed E-state index contributed by atoms with van der Waals surface area (Å²) >= 11 is 1.25. The summed E-state index contributed by atoms with van der Waals surface area (Å²) < 4.78 is 0. The predicted octanol–water partition coefficient (Wildman–Crippen LogP) is 3.57. The van der Waals surface area contributed by atoms with Crippen LogP contribution in [-0.2, 0) is 14.4 Å². The summed E-state index contributed by atoms with van der Waals surface area (Å²) in [7, 11) is 0.